The predicted octanol–water partition coefficient (Wildman–Crippen LogP) is 0.349. The Morgan fingerprint density at radius 3 is 2.56 bits per heavy atom. The van der Waals surface area contributed by atoms with Crippen molar-refractivity contribution in [1.82, 2.24) is 0 Å². The van der Waals surface area contributed by atoms with Crippen LogP contribution in [0.5, 0.6) is 17.2 Å². The van der Waals surface area contributed by atoms with E-state index in [2.05, 4.69) is 0 Å². The Hall–Kier alpha value is -2.89. The minimum Gasteiger partial charge on any atom is -0.506 e. The summed E-state index contributed by atoms with van der Waals surface area (Å²) in [4.78, 5) is 12.5. The van der Waals surface area contributed by atoms with Crippen molar-refractivity contribution in [2.45, 2.75) is 44.1 Å². The number of carbonyl (C=O) groups excluding carboxylic acids is 1. The molecule has 0 radical (unpaired) electrons. The molecule has 10 heteroatoms. The largest absolute Gasteiger partial charge is 0.506 e. The van der Waals surface area contributed by atoms with Gasteiger partial charge in [0.05, 0.1) is 25.4 Å². The molecule has 2 heterocycles. The van der Waals surface area contributed by atoms with Gasteiger partial charge in [0.15, 0.2) is 0 Å². The van der Waals surface area contributed by atoms with Crippen molar-refractivity contribution in [3.8, 4) is 17.2 Å². The van der Waals surface area contributed by atoms with E-state index in [9.17, 15) is 30.3 Å². The third-order valence-corrected chi connectivity index (χ3v) is 5.60. The van der Waals surface area contributed by atoms with Gasteiger partial charge in [-0.25, -0.2) is 4.79 Å². The van der Waals surface area contributed by atoms with E-state index in [0.717, 1.165) is 5.57 Å². The van der Waals surface area contributed by atoms with Crippen molar-refractivity contribution in [2.24, 2.45) is 0 Å². The normalized spacial score (nSPS) is 27.9. The molecule has 0 aromatic heterocycles. The first kappa shape index (κ1) is 22.3. The summed E-state index contributed by atoms with van der Waals surface area (Å²) in [6.45, 7) is 1.17. The first-order valence-corrected chi connectivity index (χ1v) is 9.95. The van der Waals surface area contributed by atoms with Crippen LogP contribution in [0.1, 0.15) is 22.8 Å². The number of fused-ring (bicyclic) bond motifs is 2. The maximum absolute atomic E-state index is 12.5. The molecule has 0 bridgehead atoms. The number of carbonyl (C=O) groups is 1. The van der Waals surface area contributed by atoms with Crippen LogP contribution in [-0.2, 0) is 15.9 Å². The number of allylic oxidation sites excluding steroid dienone is 1. The molecule has 2 aromatic rings. The molecule has 2 aromatic carbocycles. The molecule has 1 saturated heterocycles. The summed E-state index contributed by atoms with van der Waals surface area (Å²) in [5, 5.41) is 51.4. The maximum Gasteiger partial charge on any atom is 0.347 e. The van der Waals surface area contributed by atoms with Gasteiger partial charge in [0.25, 0.3) is 0 Å². The lowest BCUT2D eigenvalue weighted by molar-refractivity contribution is -0.277. The molecule has 10 nitrogen and oxygen atoms in total. The van der Waals surface area contributed by atoms with Gasteiger partial charge in [-0.2, -0.15) is 0 Å². The van der Waals surface area contributed by atoms with E-state index in [1.165, 1.54) is 19.4 Å². The van der Waals surface area contributed by atoms with Gasteiger partial charge in [-0.15, -0.1) is 0 Å². The number of methoxy groups -OCH3 is 1. The van der Waals surface area contributed by atoms with Crippen LogP contribution in [0.4, 0.5) is 0 Å². The van der Waals surface area contributed by atoms with Crippen LogP contribution in [0, 0.1) is 0 Å². The molecule has 172 valence electrons. The van der Waals surface area contributed by atoms with E-state index in [-0.39, 0.29) is 22.4 Å². The lowest BCUT2D eigenvalue weighted by atomic mass is 9.95. The number of hydrogen-bond donors (Lipinski definition) is 5. The third kappa shape index (κ3) is 3.76. The van der Waals surface area contributed by atoms with Gasteiger partial charge < -0.3 is 44.5 Å². The van der Waals surface area contributed by atoms with Gasteiger partial charge in [-0.3, -0.25) is 0 Å². The first-order chi connectivity index (χ1) is 15.2. The molecule has 5 atom stereocenters. The third-order valence-electron chi connectivity index (χ3n) is 5.60. The molecule has 32 heavy (non-hydrogen) atoms. The van der Waals surface area contributed by atoms with E-state index < -0.39 is 43.3 Å². The van der Waals surface area contributed by atoms with E-state index in [1.54, 1.807) is 19.1 Å². The number of rotatable bonds is 4. The molecule has 5 N–H and O–H groups in total. The average molecular weight is 448 g/mol. The highest BCUT2D eigenvalue weighted by Gasteiger charge is 2.45. The minimum absolute atomic E-state index is 0.00860. The second kappa shape index (κ2) is 8.57. The van der Waals surface area contributed by atoms with Gasteiger partial charge in [-0.05, 0) is 42.0 Å². The lowest BCUT2D eigenvalue weighted by Gasteiger charge is -2.39. The van der Waals surface area contributed by atoms with Gasteiger partial charge in [0.1, 0.15) is 47.2 Å². The van der Waals surface area contributed by atoms with Crippen LogP contribution in [0.2, 0.25) is 0 Å². The summed E-state index contributed by atoms with van der Waals surface area (Å²) in [6, 6.07) is 4.77. The Morgan fingerprint density at radius 1 is 1.12 bits per heavy atom. The van der Waals surface area contributed by atoms with Gasteiger partial charge in [-0.1, -0.05) is 0 Å². The van der Waals surface area contributed by atoms with Gasteiger partial charge in [0.2, 0.25) is 6.29 Å². The Morgan fingerprint density at radius 2 is 1.88 bits per heavy atom. The highest BCUT2D eigenvalue weighted by Crippen LogP contribution is 2.43. The number of esters is 1. The van der Waals surface area contributed by atoms with Crippen molar-refractivity contribution in [3.63, 3.8) is 0 Å². The predicted molar refractivity (Wildman–Crippen MR) is 109 cm³/mol. The number of aromatic hydroxyl groups is 1. The molecular formula is C22H24O10. The number of benzene rings is 2. The van der Waals surface area contributed by atoms with E-state index in [4.69, 9.17) is 18.9 Å². The average Bonchev–Trinajstić information content (AvgIpc) is 2.91. The highest BCUT2D eigenvalue weighted by molar-refractivity contribution is 6.05. The number of cyclic esters (lactones) is 1. The summed E-state index contributed by atoms with van der Waals surface area (Å²) in [6.07, 6.45) is -5.81. The van der Waals surface area contributed by atoms with Crippen molar-refractivity contribution in [3.05, 3.63) is 41.2 Å². The molecule has 2 aliphatic heterocycles. The minimum atomic E-state index is -1.66. The molecule has 0 amide bonds. The Bertz CT molecular complexity index is 1080. The fourth-order valence-corrected chi connectivity index (χ4v) is 3.94. The molecule has 0 spiro atoms. The summed E-state index contributed by atoms with van der Waals surface area (Å²) < 4.78 is 21.6. The zero-order valence-corrected chi connectivity index (χ0v) is 17.4. The fraction of sp³-hybridized carbons (Fsp3) is 0.409. The number of ether oxygens (including phenoxy) is 4. The molecule has 0 aliphatic carbocycles. The topological polar surface area (TPSA) is 155 Å². The van der Waals surface area contributed by atoms with Crippen LogP contribution in [0.15, 0.2) is 30.0 Å². The number of aliphatic hydroxyl groups excluding tert-OH is 4. The van der Waals surface area contributed by atoms with E-state index in [0.29, 0.717) is 23.1 Å². The van der Waals surface area contributed by atoms with Crippen LogP contribution >= 0.6 is 0 Å². The fourth-order valence-electron chi connectivity index (χ4n) is 3.94. The quantitative estimate of drug-likeness (QED) is 0.414. The van der Waals surface area contributed by atoms with Crippen LogP contribution < -0.4 is 9.47 Å². The van der Waals surface area contributed by atoms with E-state index >= 15 is 0 Å². The van der Waals surface area contributed by atoms with Gasteiger partial charge >= 0.3 is 5.97 Å². The Balaban J connectivity index is 1.84. The molecule has 0 unspecified atom stereocenters. The van der Waals surface area contributed by atoms with Crippen molar-refractivity contribution in [1.29, 1.82) is 0 Å². The van der Waals surface area contributed by atoms with Crippen LogP contribution in [-0.4, -0.2) is 75.9 Å². The van der Waals surface area contributed by atoms with Gasteiger partial charge in [0, 0.05) is 6.07 Å². The maximum atomic E-state index is 12.5. The number of aliphatic hydroxyl groups is 4. The zero-order valence-electron chi connectivity index (χ0n) is 17.4. The number of hydrogen-bond acceptors (Lipinski definition) is 10. The zero-order chi connectivity index (χ0) is 23.2. The molecule has 0 saturated carbocycles. The van der Waals surface area contributed by atoms with Crippen LogP contribution in [0.25, 0.3) is 10.8 Å². The smallest absolute Gasteiger partial charge is 0.347 e. The van der Waals surface area contributed by atoms with E-state index in [1.807, 2.05) is 0 Å². The van der Waals surface area contributed by atoms with Crippen LogP contribution in [0.3, 0.4) is 0 Å². The summed E-state index contributed by atoms with van der Waals surface area (Å²) >= 11 is 0. The summed E-state index contributed by atoms with van der Waals surface area (Å²) in [5.74, 6) is -0.760. The standard InChI is InChI=1S/C22H24O10/c1-9-3-10-4-11-5-12(29-2)6-13(15(11)18(25)16(10)21(28)30-8-9)31-22-20(27)19(26)17(24)14(7-23)32-22/h4-6,8,14,17,19-20,22-27H,3,7H2,1-2H3/t14-,17-,19+,20-,22-/m1/s1. The molecule has 2 aliphatic rings. The number of phenols is 1. The monoisotopic (exact) mass is 448 g/mol. The molecular weight excluding hydrogens is 424 g/mol. The SMILES string of the molecule is COc1cc(O[C@@H]2O[C@H](CO)[C@@H](O)[C@H](O)[C@H]2O)c2c(O)c3c(cc2c1)CC(C)=COC3=O. The number of phenolic OH excluding ortho intramolecular Hbond substituents is 1. The van der Waals surface area contributed by atoms with Crippen molar-refractivity contribution in [2.75, 3.05) is 13.7 Å². The second-order valence-electron chi connectivity index (χ2n) is 7.84. The summed E-state index contributed by atoms with van der Waals surface area (Å²) in [7, 11) is 1.44. The van der Waals surface area contributed by atoms with Crippen molar-refractivity contribution >= 4 is 16.7 Å². The first-order valence-electron chi connectivity index (χ1n) is 9.95. The Labute approximate surface area is 182 Å². The summed E-state index contributed by atoms with van der Waals surface area (Å²) in [5.41, 5.74) is 1.32. The molecule has 4 rings (SSSR count). The Kier molecular flexibility index (Phi) is 5.97. The van der Waals surface area contributed by atoms with Crippen molar-refractivity contribution < 1.29 is 49.3 Å². The second-order valence-corrected chi connectivity index (χ2v) is 7.84. The molecule has 1 fully saturated rings. The highest BCUT2D eigenvalue weighted by atomic mass is 16.7. The lowest BCUT2D eigenvalue weighted by Crippen LogP contribution is -2.60.